The van der Waals surface area contributed by atoms with Crippen molar-refractivity contribution in [2.45, 2.75) is 72.6 Å². The van der Waals surface area contributed by atoms with Crippen LogP contribution in [-0.2, 0) is 4.79 Å². The molecule has 2 heteroatoms. The second-order valence-corrected chi connectivity index (χ2v) is 9.64. The van der Waals surface area contributed by atoms with E-state index in [4.69, 9.17) is 0 Å². The van der Waals surface area contributed by atoms with Crippen LogP contribution >= 0.6 is 10.0 Å². The van der Waals surface area contributed by atoms with Crippen LogP contribution in [0.4, 0.5) is 0 Å². The Labute approximate surface area is 116 Å². The van der Waals surface area contributed by atoms with Crippen molar-refractivity contribution in [2.75, 3.05) is 23.0 Å². The first-order chi connectivity index (χ1) is 8.60. The van der Waals surface area contributed by atoms with Crippen LogP contribution in [0.1, 0.15) is 72.6 Å². The van der Waals surface area contributed by atoms with Gasteiger partial charge in [0.25, 0.3) is 0 Å². The normalized spacial score (nSPS) is 12.7. The Balaban J connectivity index is 4.55. The van der Waals surface area contributed by atoms with Crippen molar-refractivity contribution in [1.29, 1.82) is 0 Å². The summed E-state index contributed by atoms with van der Waals surface area (Å²) in [6, 6.07) is 0. The number of Topliss-reactive ketones (excluding diaryl/α,β-unsaturated/α-hetero) is 1. The first-order valence-electron chi connectivity index (χ1n) is 7.83. The average Bonchev–Trinajstić information content (AvgIpc) is 2.37. The Bertz CT molecular complexity index is 191. The van der Waals surface area contributed by atoms with E-state index in [1.807, 2.05) is 0 Å². The summed E-state index contributed by atoms with van der Waals surface area (Å²) in [6.45, 7) is 8.61. The predicted octanol–water partition coefficient (Wildman–Crippen LogP) is 5.17. The second-order valence-electron chi connectivity index (χ2n) is 5.55. The summed E-state index contributed by atoms with van der Waals surface area (Å²) in [5.41, 5.74) is 0. The Kier molecular flexibility index (Phi) is 10.9. The van der Waals surface area contributed by atoms with Crippen molar-refractivity contribution in [1.82, 2.24) is 0 Å². The van der Waals surface area contributed by atoms with Crippen molar-refractivity contribution < 1.29 is 4.79 Å². The molecule has 0 aromatic carbocycles. The van der Waals surface area contributed by atoms with Crippen LogP contribution in [0.2, 0.25) is 0 Å². The fourth-order valence-electron chi connectivity index (χ4n) is 2.32. The van der Waals surface area contributed by atoms with E-state index in [0.717, 1.165) is 6.42 Å². The van der Waals surface area contributed by atoms with Gasteiger partial charge in [-0.15, -0.1) is 0 Å². The van der Waals surface area contributed by atoms with E-state index in [1.54, 1.807) is 6.92 Å². The SMILES string of the molecule is CCCCS(CCCC)(CCCC)CCC(C)=O. The molecule has 0 heterocycles. The number of rotatable bonds is 12. The fourth-order valence-corrected chi connectivity index (χ4v) is 6.97. The molecule has 0 rings (SSSR count). The molecule has 0 saturated carbocycles. The highest BCUT2D eigenvalue weighted by molar-refractivity contribution is 8.33. The molecule has 0 aliphatic heterocycles. The van der Waals surface area contributed by atoms with Gasteiger partial charge in [0, 0.05) is 6.42 Å². The van der Waals surface area contributed by atoms with E-state index in [0.29, 0.717) is 5.78 Å². The lowest BCUT2D eigenvalue weighted by atomic mass is 10.3. The Morgan fingerprint density at radius 3 is 1.44 bits per heavy atom. The lowest BCUT2D eigenvalue weighted by Crippen LogP contribution is -2.19. The van der Waals surface area contributed by atoms with Crippen LogP contribution in [0.25, 0.3) is 0 Å². The van der Waals surface area contributed by atoms with Gasteiger partial charge in [0.05, 0.1) is 0 Å². The summed E-state index contributed by atoms with van der Waals surface area (Å²) < 4.78 is 0. The minimum Gasteiger partial charge on any atom is -0.300 e. The van der Waals surface area contributed by atoms with Gasteiger partial charge in [0.15, 0.2) is 0 Å². The second kappa shape index (κ2) is 10.9. The molecule has 0 fully saturated rings. The van der Waals surface area contributed by atoms with Crippen molar-refractivity contribution in [3.05, 3.63) is 0 Å². The summed E-state index contributed by atoms with van der Waals surface area (Å²) in [5, 5.41) is 0. The van der Waals surface area contributed by atoms with Crippen LogP contribution in [0.3, 0.4) is 0 Å². The van der Waals surface area contributed by atoms with Crippen molar-refractivity contribution in [2.24, 2.45) is 0 Å². The number of carbonyl (C=O) groups is 1. The molecule has 0 aromatic rings. The van der Waals surface area contributed by atoms with Gasteiger partial charge in [0.2, 0.25) is 0 Å². The third kappa shape index (κ3) is 8.18. The number of hydrogen-bond donors (Lipinski definition) is 0. The predicted molar refractivity (Wildman–Crippen MR) is 87.1 cm³/mol. The molecular formula is C16H34OS. The number of carbonyl (C=O) groups excluding carboxylic acids is 1. The summed E-state index contributed by atoms with van der Waals surface area (Å²) in [6.07, 6.45) is 8.81. The topological polar surface area (TPSA) is 17.1 Å². The third-order valence-electron chi connectivity index (χ3n) is 3.68. The molecule has 0 aliphatic rings. The molecule has 0 radical (unpaired) electrons. The quantitative estimate of drug-likeness (QED) is 0.480. The number of unbranched alkanes of at least 4 members (excludes halogenated alkanes) is 3. The van der Waals surface area contributed by atoms with Gasteiger partial charge < -0.3 is 0 Å². The summed E-state index contributed by atoms with van der Waals surface area (Å²) in [4.78, 5) is 11.3. The molecule has 0 saturated heterocycles. The highest BCUT2D eigenvalue weighted by atomic mass is 32.3. The highest BCUT2D eigenvalue weighted by Gasteiger charge is 2.22. The monoisotopic (exact) mass is 274 g/mol. The molecule has 18 heavy (non-hydrogen) atoms. The minimum absolute atomic E-state index is 0.386. The van der Waals surface area contributed by atoms with E-state index < -0.39 is 10.0 Å². The number of hydrogen-bond acceptors (Lipinski definition) is 1. The van der Waals surface area contributed by atoms with Crippen LogP contribution < -0.4 is 0 Å². The molecule has 0 bridgehead atoms. The number of ketones is 1. The van der Waals surface area contributed by atoms with Crippen LogP contribution in [-0.4, -0.2) is 28.8 Å². The maximum Gasteiger partial charge on any atom is 0.130 e. The highest BCUT2D eigenvalue weighted by Crippen LogP contribution is 2.51. The van der Waals surface area contributed by atoms with E-state index in [1.165, 1.54) is 61.5 Å². The molecule has 1 nitrogen and oxygen atoms in total. The molecule has 0 atom stereocenters. The van der Waals surface area contributed by atoms with Gasteiger partial charge >= 0.3 is 0 Å². The molecule has 0 aromatic heterocycles. The largest absolute Gasteiger partial charge is 0.300 e. The zero-order valence-electron chi connectivity index (χ0n) is 13.1. The zero-order chi connectivity index (χ0) is 13.9. The van der Waals surface area contributed by atoms with Gasteiger partial charge in [0.1, 0.15) is 5.78 Å². The zero-order valence-corrected chi connectivity index (χ0v) is 13.9. The molecule has 0 spiro atoms. The van der Waals surface area contributed by atoms with Crippen LogP contribution in [0.5, 0.6) is 0 Å². The molecule has 0 amide bonds. The Morgan fingerprint density at radius 1 is 0.778 bits per heavy atom. The maximum absolute atomic E-state index is 11.3. The van der Waals surface area contributed by atoms with E-state index in [9.17, 15) is 4.79 Å². The molecular weight excluding hydrogens is 240 g/mol. The Morgan fingerprint density at radius 2 is 1.17 bits per heavy atom. The van der Waals surface area contributed by atoms with Crippen LogP contribution in [0.15, 0.2) is 0 Å². The molecule has 110 valence electrons. The molecule has 0 unspecified atom stereocenters. The molecule has 0 aliphatic carbocycles. The van der Waals surface area contributed by atoms with Crippen molar-refractivity contribution in [3.63, 3.8) is 0 Å². The lowest BCUT2D eigenvalue weighted by Gasteiger charge is -2.41. The summed E-state index contributed by atoms with van der Waals surface area (Å²) in [5.74, 6) is 5.84. The third-order valence-corrected chi connectivity index (χ3v) is 8.21. The molecule has 0 N–H and O–H groups in total. The smallest absolute Gasteiger partial charge is 0.130 e. The maximum atomic E-state index is 11.3. The Hall–Kier alpha value is 0.0200. The van der Waals surface area contributed by atoms with Crippen LogP contribution in [0, 0.1) is 0 Å². The first kappa shape index (κ1) is 18.0. The summed E-state index contributed by atoms with van der Waals surface area (Å²) in [7, 11) is -0.499. The fraction of sp³-hybridized carbons (Fsp3) is 0.938. The van der Waals surface area contributed by atoms with E-state index in [-0.39, 0.29) is 0 Å². The van der Waals surface area contributed by atoms with E-state index in [2.05, 4.69) is 20.8 Å². The van der Waals surface area contributed by atoms with Gasteiger partial charge in [-0.1, -0.05) is 40.0 Å². The van der Waals surface area contributed by atoms with Crippen molar-refractivity contribution >= 4 is 15.8 Å². The van der Waals surface area contributed by atoms with Crippen molar-refractivity contribution in [3.8, 4) is 0 Å². The summed E-state index contributed by atoms with van der Waals surface area (Å²) >= 11 is 0. The minimum atomic E-state index is -0.499. The van der Waals surface area contributed by atoms with E-state index >= 15 is 0 Å². The van der Waals surface area contributed by atoms with Gasteiger partial charge in [-0.3, -0.25) is 4.79 Å². The van der Waals surface area contributed by atoms with Gasteiger partial charge in [-0.05, 0) is 49.2 Å². The first-order valence-corrected chi connectivity index (χ1v) is 10.1. The standard InChI is InChI=1S/C16H34OS/c1-5-8-12-18(13-9-6-2,14-10-7-3)15-11-16(4)17/h5-15H2,1-4H3. The van der Waals surface area contributed by atoms with Gasteiger partial charge in [-0.25, -0.2) is 10.0 Å². The van der Waals surface area contributed by atoms with Gasteiger partial charge in [-0.2, -0.15) is 0 Å². The lowest BCUT2D eigenvalue weighted by molar-refractivity contribution is -0.116. The average molecular weight is 275 g/mol.